The van der Waals surface area contributed by atoms with E-state index in [0.29, 0.717) is 18.8 Å². The molecule has 0 saturated carbocycles. The molecule has 1 aliphatic heterocycles. The zero-order valence-corrected chi connectivity index (χ0v) is 16.0. The summed E-state index contributed by atoms with van der Waals surface area (Å²) in [6, 6.07) is 6.03. The molecule has 1 saturated heterocycles. The van der Waals surface area contributed by atoms with Crippen molar-refractivity contribution in [1.82, 2.24) is 4.31 Å². The van der Waals surface area contributed by atoms with Gasteiger partial charge in [-0.2, -0.15) is 4.31 Å². The Hall–Kier alpha value is -1.93. The van der Waals surface area contributed by atoms with E-state index in [0.717, 1.165) is 25.7 Å². The van der Waals surface area contributed by atoms with Crippen LogP contribution in [0.5, 0.6) is 0 Å². The zero-order valence-electron chi connectivity index (χ0n) is 15.2. The predicted molar refractivity (Wildman–Crippen MR) is 98.1 cm³/mol. The Morgan fingerprint density at radius 3 is 2.19 bits per heavy atom. The lowest BCUT2D eigenvalue weighted by molar-refractivity contribution is -0.150. The van der Waals surface area contributed by atoms with Crippen molar-refractivity contribution >= 4 is 27.6 Å². The number of ether oxygens (including phenoxy) is 1. The van der Waals surface area contributed by atoms with Crippen LogP contribution in [0.2, 0.25) is 0 Å². The van der Waals surface area contributed by atoms with E-state index in [-0.39, 0.29) is 17.4 Å². The van der Waals surface area contributed by atoms with Gasteiger partial charge in [-0.25, -0.2) is 8.42 Å². The summed E-state index contributed by atoms with van der Waals surface area (Å²) in [5.74, 6) is -1.22. The molecule has 0 spiro atoms. The van der Waals surface area contributed by atoms with Gasteiger partial charge in [0.15, 0.2) is 6.61 Å². The molecule has 7 nitrogen and oxygen atoms in total. The third kappa shape index (κ3) is 5.54. The topological polar surface area (TPSA) is 92.8 Å². The molecule has 1 amide bonds. The molecule has 0 atom stereocenters. The number of hydrogen-bond acceptors (Lipinski definition) is 5. The highest BCUT2D eigenvalue weighted by Crippen LogP contribution is 2.21. The maximum atomic E-state index is 12.7. The average Bonchev–Trinajstić information content (AvgIpc) is 2.90. The zero-order chi connectivity index (χ0) is 19.2. The monoisotopic (exact) mass is 382 g/mol. The van der Waals surface area contributed by atoms with Crippen molar-refractivity contribution in [2.75, 3.05) is 25.0 Å². The summed E-state index contributed by atoms with van der Waals surface area (Å²) < 4.78 is 31.8. The standard InChI is InChI=1S/C18H26N2O5S/c1-14(2)18(22)25-13-17(21)19-15-7-9-16(10-8-15)26(23,24)20-11-5-3-4-6-12-20/h7-10,14H,3-6,11-13H2,1-2H3,(H,19,21). The Morgan fingerprint density at radius 2 is 1.65 bits per heavy atom. The summed E-state index contributed by atoms with van der Waals surface area (Å²) in [5, 5.41) is 2.58. The molecule has 1 N–H and O–H groups in total. The van der Waals surface area contributed by atoms with Crippen molar-refractivity contribution in [2.24, 2.45) is 5.92 Å². The van der Waals surface area contributed by atoms with Crippen LogP contribution >= 0.6 is 0 Å². The predicted octanol–water partition coefficient (Wildman–Crippen LogP) is 2.39. The van der Waals surface area contributed by atoms with E-state index in [1.54, 1.807) is 13.8 Å². The Labute approximate surface area is 154 Å². The first-order valence-corrected chi connectivity index (χ1v) is 10.3. The van der Waals surface area contributed by atoms with Crippen LogP contribution in [0, 0.1) is 5.92 Å². The van der Waals surface area contributed by atoms with Crippen molar-refractivity contribution in [3.05, 3.63) is 24.3 Å². The van der Waals surface area contributed by atoms with Gasteiger partial charge in [-0.1, -0.05) is 26.7 Å². The van der Waals surface area contributed by atoms with Gasteiger partial charge in [-0.3, -0.25) is 9.59 Å². The first-order valence-electron chi connectivity index (χ1n) is 8.87. The molecule has 0 aromatic heterocycles. The van der Waals surface area contributed by atoms with Crippen LogP contribution < -0.4 is 5.32 Å². The van der Waals surface area contributed by atoms with Gasteiger partial charge in [-0.05, 0) is 37.1 Å². The van der Waals surface area contributed by atoms with Crippen LogP contribution in [0.4, 0.5) is 5.69 Å². The minimum absolute atomic E-state index is 0.212. The van der Waals surface area contributed by atoms with E-state index in [4.69, 9.17) is 4.74 Å². The summed E-state index contributed by atoms with van der Waals surface area (Å²) in [5.41, 5.74) is 0.449. The van der Waals surface area contributed by atoms with E-state index in [9.17, 15) is 18.0 Å². The highest BCUT2D eigenvalue weighted by Gasteiger charge is 2.25. The maximum Gasteiger partial charge on any atom is 0.308 e. The lowest BCUT2D eigenvalue weighted by Gasteiger charge is -2.20. The summed E-state index contributed by atoms with van der Waals surface area (Å²) in [6.07, 6.45) is 3.86. The maximum absolute atomic E-state index is 12.7. The molecule has 144 valence electrons. The number of nitrogens with zero attached hydrogens (tertiary/aromatic N) is 1. The third-order valence-corrected chi connectivity index (χ3v) is 6.07. The fourth-order valence-corrected chi connectivity index (χ4v) is 4.16. The van der Waals surface area contributed by atoms with Crippen LogP contribution in [-0.2, 0) is 24.3 Å². The van der Waals surface area contributed by atoms with E-state index < -0.39 is 21.9 Å². The normalized spacial score (nSPS) is 16.1. The Morgan fingerprint density at radius 1 is 1.08 bits per heavy atom. The van der Waals surface area contributed by atoms with Gasteiger partial charge in [0.25, 0.3) is 5.91 Å². The highest BCUT2D eigenvalue weighted by molar-refractivity contribution is 7.89. The van der Waals surface area contributed by atoms with Crippen molar-refractivity contribution in [3.8, 4) is 0 Å². The van der Waals surface area contributed by atoms with Crippen molar-refractivity contribution in [3.63, 3.8) is 0 Å². The molecule has 1 aromatic rings. The molecule has 1 aromatic carbocycles. The lowest BCUT2D eigenvalue weighted by Crippen LogP contribution is -2.31. The van der Waals surface area contributed by atoms with Crippen molar-refractivity contribution < 1.29 is 22.7 Å². The van der Waals surface area contributed by atoms with Gasteiger partial charge in [0.05, 0.1) is 10.8 Å². The summed E-state index contributed by atoms with van der Waals surface area (Å²) in [4.78, 5) is 23.4. The second-order valence-corrected chi connectivity index (χ2v) is 8.59. The molecular weight excluding hydrogens is 356 g/mol. The van der Waals surface area contributed by atoms with E-state index >= 15 is 0 Å². The van der Waals surface area contributed by atoms with Crippen LogP contribution in [0.15, 0.2) is 29.2 Å². The van der Waals surface area contributed by atoms with Crippen LogP contribution in [-0.4, -0.2) is 44.3 Å². The number of rotatable bonds is 6. The minimum Gasteiger partial charge on any atom is -0.455 e. The number of amides is 1. The van der Waals surface area contributed by atoms with Crippen LogP contribution in [0.25, 0.3) is 0 Å². The highest BCUT2D eigenvalue weighted by atomic mass is 32.2. The number of nitrogens with one attached hydrogen (secondary N) is 1. The Balaban J connectivity index is 1.96. The first kappa shape index (κ1) is 20.4. The number of hydrogen-bond donors (Lipinski definition) is 1. The van der Waals surface area contributed by atoms with Crippen LogP contribution in [0.1, 0.15) is 39.5 Å². The summed E-state index contributed by atoms with van der Waals surface area (Å²) >= 11 is 0. The number of sulfonamides is 1. The molecule has 2 rings (SSSR count). The Kier molecular flexibility index (Phi) is 7.16. The minimum atomic E-state index is -3.51. The van der Waals surface area contributed by atoms with Gasteiger partial charge in [0, 0.05) is 18.8 Å². The van der Waals surface area contributed by atoms with Gasteiger partial charge < -0.3 is 10.1 Å². The fraction of sp³-hybridized carbons (Fsp3) is 0.556. The molecular formula is C18H26N2O5S. The van der Waals surface area contributed by atoms with Crippen molar-refractivity contribution in [1.29, 1.82) is 0 Å². The van der Waals surface area contributed by atoms with Gasteiger partial charge in [-0.15, -0.1) is 0 Å². The molecule has 0 aliphatic carbocycles. The Bertz CT molecular complexity index is 720. The van der Waals surface area contributed by atoms with E-state index in [1.165, 1.54) is 28.6 Å². The summed E-state index contributed by atoms with van der Waals surface area (Å²) in [6.45, 7) is 4.09. The number of carbonyl (C=O) groups excluding carboxylic acids is 2. The van der Waals surface area contributed by atoms with Gasteiger partial charge in [0.1, 0.15) is 0 Å². The number of esters is 1. The molecule has 1 heterocycles. The quantitative estimate of drug-likeness (QED) is 0.763. The van der Waals surface area contributed by atoms with Crippen molar-refractivity contribution in [2.45, 2.75) is 44.4 Å². The second kappa shape index (κ2) is 9.14. The number of benzene rings is 1. The first-order chi connectivity index (χ1) is 12.3. The largest absolute Gasteiger partial charge is 0.455 e. The lowest BCUT2D eigenvalue weighted by atomic mass is 10.2. The molecule has 26 heavy (non-hydrogen) atoms. The molecule has 0 bridgehead atoms. The molecule has 0 radical (unpaired) electrons. The summed E-state index contributed by atoms with van der Waals surface area (Å²) in [7, 11) is -3.51. The van der Waals surface area contributed by atoms with Gasteiger partial charge in [0.2, 0.25) is 10.0 Å². The van der Waals surface area contributed by atoms with Gasteiger partial charge >= 0.3 is 5.97 Å². The van der Waals surface area contributed by atoms with E-state index in [1.807, 2.05) is 0 Å². The molecule has 1 aliphatic rings. The second-order valence-electron chi connectivity index (χ2n) is 6.65. The third-order valence-electron chi connectivity index (χ3n) is 4.16. The number of anilines is 1. The molecule has 0 unspecified atom stereocenters. The number of carbonyl (C=O) groups is 2. The fourth-order valence-electron chi connectivity index (χ4n) is 2.64. The molecule has 8 heteroatoms. The smallest absolute Gasteiger partial charge is 0.308 e. The van der Waals surface area contributed by atoms with E-state index in [2.05, 4.69) is 5.32 Å². The molecule has 1 fully saturated rings. The van der Waals surface area contributed by atoms with Crippen LogP contribution in [0.3, 0.4) is 0 Å². The average molecular weight is 382 g/mol. The SMILES string of the molecule is CC(C)C(=O)OCC(=O)Nc1ccc(S(=O)(=O)N2CCCCCC2)cc1.